The van der Waals surface area contributed by atoms with Gasteiger partial charge >= 0.3 is 6.03 Å². The molecule has 1 rings (SSSR count). The lowest BCUT2D eigenvalue weighted by atomic mass is 10.2. The lowest BCUT2D eigenvalue weighted by Crippen LogP contribution is -2.36. The molecular weight excluding hydrogens is 330 g/mol. The molecule has 0 spiro atoms. The lowest BCUT2D eigenvalue weighted by Gasteiger charge is -2.20. The Kier molecular flexibility index (Phi) is 8.34. The van der Waals surface area contributed by atoms with Crippen LogP contribution in [0.5, 0.6) is 0 Å². The maximum absolute atomic E-state index is 12.5. The van der Waals surface area contributed by atoms with Gasteiger partial charge in [0.15, 0.2) is 0 Å². The van der Waals surface area contributed by atoms with E-state index in [0.717, 1.165) is 30.4 Å². The fourth-order valence-corrected chi connectivity index (χ4v) is 3.68. The van der Waals surface area contributed by atoms with Crippen LogP contribution < -0.4 is 0 Å². The summed E-state index contributed by atoms with van der Waals surface area (Å²) in [5, 5.41) is 3.56. The van der Waals surface area contributed by atoms with Gasteiger partial charge < -0.3 is 4.90 Å². The molecule has 0 aliphatic rings. The molecule has 8 nitrogen and oxygen atoms in total. The van der Waals surface area contributed by atoms with Gasteiger partial charge in [-0.25, -0.2) is 18.2 Å². The Balaban J connectivity index is 2.84. The van der Waals surface area contributed by atoms with Gasteiger partial charge in [-0.05, 0) is 13.3 Å². The molecule has 0 atom stereocenters. The minimum absolute atomic E-state index is 0.332. The van der Waals surface area contributed by atoms with Gasteiger partial charge in [0.1, 0.15) is 6.33 Å². The quantitative estimate of drug-likeness (QED) is 0.597. The number of aromatic nitrogens is 3. The second-order valence-corrected chi connectivity index (χ2v) is 7.32. The van der Waals surface area contributed by atoms with E-state index in [0.29, 0.717) is 26.2 Å². The Morgan fingerprint density at radius 2 is 1.75 bits per heavy atom. The van der Waals surface area contributed by atoms with Crippen molar-refractivity contribution < 1.29 is 13.2 Å². The molecule has 0 aliphatic heterocycles. The fourth-order valence-electron chi connectivity index (χ4n) is 2.40. The Morgan fingerprint density at radius 3 is 2.29 bits per heavy atom. The van der Waals surface area contributed by atoms with Crippen LogP contribution in [0.4, 0.5) is 4.79 Å². The van der Waals surface area contributed by atoms with Crippen LogP contribution in [-0.2, 0) is 10.0 Å². The summed E-state index contributed by atoms with van der Waals surface area (Å²) in [7, 11) is -3.75. The molecule has 0 saturated carbocycles. The van der Waals surface area contributed by atoms with Crippen molar-refractivity contribution in [2.45, 2.75) is 58.5 Å². The summed E-state index contributed by atoms with van der Waals surface area (Å²) in [6.07, 6.45) is 5.44. The number of carbonyl (C=O) groups is 1. The fraction of sp³-hybridized carbons (Fsp3) is 0.800. The minimum atomic E-state index is -3.75. The molecule has 0 N–H and O–H groups in total. The van der Waals surface area contributed by atoms with Gasteiger partial charge in [0.25, 0.3) is 15.2 Å². The zero-order valence-electron chi connectivity index (χ0n) is 15.1. The number of sulfonamides is 1. The van der Waals surface area contributed by atoms with E-state index in [-0.39, 0.29) is 11.2 Å². The highest BCUT2D eigenvalue weighted by molar-refractivity contribution is 7.88. The van der Waals surface area contributed by atoms with Crippen molar-refractivity contribution in [2.75, 3.05) is 26.2 Å². The van der Waals surface area contributed by atoms with Gasteiger partial charge in [0, 0.05) is 26.2 Å². The third kappa shape index (κ3) is 5.01. The number of rotatable bonds is 10. The van der Waals surface area contributed by atoms with E-state index in [4.69, 9.17) is 0 Å². The van der Waals surface area contributed by atoms with Gasteiger partial charge in [0.2, 0.25) is 0 Å². The van der Waals surface area contributed by atoms with E-state index in [2.05, 4.69) is 17.0 Å². The summed E-state index contributed by atoms with van der Waals surface area (Å²) in [4.78, 5) is 17.9. The molecule has 0 fully saturated rings. The highest BCUT2D eigenvalue weighted by Crippen LogP contribution is 2.10. The molecular formula is C15H29N5O3S. The number of amides is 1. The van der Waals surface area contributed by atoms with Crippen molar-refractivity contribution in [3.8, 4) is 0 Å². The van der Waals surface area contributed by atoms with Crippen molar-refractivity contribution in [2.24, 2.45) is 0 Å². The molecule has 0 unspecified atom stereocenters. The van der Waals surface area contributed by atoms with Crippen molar-refractivity contribution in [3.63, 3.8) is 0 Å². The number of hydrogen-bond donors (Lipinski definition) is 0. The number of hydrogen-bond acceptors (Lipinski definition) is 5. The third-order valence-corrected chi connectivity index (χ3v) is 5.72. The van der Waals surface area contributed by atoms with E-state index in [1.807, 2.05) is 6.92 Å². The summed E-state index contributed by atoms with van der Waals surface area (Å²) >= 11 is 0. The van der Waals surface area contributed by atoms with Crippen molar-refractivity contribution in [1.82, 2.24) is 24.0 Å². The number of nitrogens with zero attached hydrogens (tertiary/aromatic N) is 5. The SMILES string of the molecule is CCCCCCN(CC)C(=O)n1cnc(S(=O)(=O)N(CC)CC)n1. The van der Waals surface area contributed by atoms with Crippen LogP contribution in [0, 0.1) is 0 Å². The van der Waals surface area contributed by atoms with Crippen molar-refractivity contribution >= 4 is 16.1 Å². The topological polar surface area (TPSA) is 88.4 Å². The Bertz CT molecular complexity index is 610. The standard InChI is InChI=1S/C15H29N5O3S/c1-5-9-10-11-12-18(6-2)15(21)20-13-16-14(17-20)24(22,23)19(7-3)8-4/h13H,5-12H2,1-4H3. The molecule has 24 heavy (non-hydrogen) atoms. The first-order valence-electron chi connectivity index (χ1n) is 8.63. The van der Waals surface area contributed by atoms with E-state index in [9.17, 15) is 13.2 Å². The van der Waals surface area contributed by atoms with Gasteiger partial charge in [-0.3, -0.25) is 0 Å². The number of carbonyl (C=O) groups excluding carboxylic acids is 1. The monoisotopic (exact) mass is 359 g/mol. The van der Waals surface area contributed by atoms with E-state index in [1.165, 1.54) is 10.6 Å². The minimum Gasteiger partial charge on any atom is -0.323 e. The van der Waals surface area contributed by atoms with Gasteiger partial charge in [0.05, 0.1) is 0 Å². The van der Waals surface area contributed by atoms with Crippen LogP contribution in [-0.4, -0.2) is 64.6 Å². The van der Waals surface area contributed by atoms with Crippen LogP contribution in [0.15, 0.2) is 11.5 Å². The summed E-state index contributed by atoms with van der Waals surface area (Å²) in [6, 6.07) is -0.345. The largest absolute Gasteiger partial charge is 0.346 e. The molecule has 0 radical (unpaired) electrons. The highest BCUT2D eigenvalue weighted by atomic mass is 32.2. The lowest BCUT2D eigenvalue weighted by molar-refractivity contribution is 0.197. The Morgan fingerprint density at radius 1 is 1.08 bits per heavy atom. The molecule has 0 saturated heterocycles. The average molecular weight is 359 g/mol. The van der Waals surface area contributed by atoms with E-state index >= 15 is 0 Å². The average Bonchev–Trinajstić information content (AvgIpc) is 3.06. The maximum atomic E-state index is 12.5. The molecule has 9 heteroatoms. The van der Waals surface area contributed by atoms with Crippen LogP contribution in [0.1, 0.15) is 53.4 Å². The first-order chi connectivity index (χ1) is 11.4. The van der Waals surface area contributed by atoms with Crippen LogP contribution in [0.2, 0.25) is 0 Å². The summed E-state index contributed by atoms with van der Waals surface area (Å²) in [5.74, 6) is 0. The molecule has 0 aromatic carbocycles. The first-order valence-corrected chi connectivity index (χ1v) is 10.1. The maximum Gasteiger partial charge on any atom is 0.346 e. The Labute approximate surface area is 144 Å². The first kappa shape index (κ1) is 20.6. The second kappa shape index (κ2) is 9.73. The van der Waals surface area contributed by atoms with Crippen molar-refractivity contribution in [1.29, 1.82) is 0 Å². The van der Waals surface area contributed by atoms with Crippen molar-refractivity contribution in [3.05, 3.63) is 6.33 Å². The summed E-state index contributed by atoms with van der Waals surface area (Å²) < 4.78 is 27.0. The molecule has 0 bridgehead atoms. The molecule has 0 aliphatic carbocycles. The van der Waals surface area contributed by atoms with Crippen LogP contribution >= 0.6 is 0 Å². The molecule has 1 aromatic rings. The van der Waals surface area contributed by atoms with E-state index < -0.39 is 10.0 Å². The molecule has 138 valence electrons. The molecule has 1 amide bonds. The third-order valence-electron chi connectivity index (χ3n) is 3.88. The molecule has 1 heterocycles. The Hall–Kier alpha value is -1.48. The normalized spacial score (nSPS) is 11.9. The van der Waals surface area contributed by atoms with Gasteiger partial charge in [-0.1, -0.05) is 40.0 Å². The predicted molar refractivity (Wildman–Crippen MR) is 92.3 cm³/mol. The smallest absolute Gasteiger partial charge is 0.323 e. The van der Waals surface area contributed by atoms with Crippen LogP contribution in [0.3, 0.4) is 0 Å². The molecule has 1 aromatic heterocycles. The highest BCUT2D eigenvalue weighted by Gasteiger charge is 2.27. The van der Waals surface area contributed by atoms with Crippen LogP contribution in [0.25, 0.3) is 0 Å². The number of unbranched alkanes of at least 4 members (excludes halogenated alkanes) is 3. The zero-order chi connectivity index (χ0) is 18.2. The predicted octanol–water partition coefficient (Wildman–Crippen LogP) is 2.18. The van der Waals surface area contributed by atoms with Gasteiger partial charge in [-0.15, -0.1) is 5.10 Å². The summed E-state index contributed by atoms with van der Waals surface area (Å²) in [5.41, 5.74) is 0. The zero-order valence-corrected chi connectivity index (χ0v) is 15.9. The van der Waals surface area contributed by atoms with Gasteiger partial charge in [-0.2, -0.15) is 8.99 Å². The second-order valence-electron chi connectivity index (χ2n) is 5.48. The van der Waals surface area contributed by atoms with E-state index in [1.54, 1.807) is 18.7 Å². The summed E-state index contributed by atoms with van der Waals surface area (Å²) in [6.45, 7) is 9.37.